The lowest BCUT2D eigenvalue weighted by molar-refractivity contribution is 0.184. The number of hydrogen-bond acceptors (Lipinski definition) is 2. The summed E-state index contributed by atoms with van der Waals surface area (Å²) in [6.45, 7) is 10.5. The maximum absolute atomic E-state index is 6.25. The highest BCUT2D eigenvalue weighted by molar-refractivity contribution is 6.20. The Hall–Kier alpha value is 0.210. The van der Waals surface area contributed by atoms with E-state index in [1.54, 1.807) is 7.11 Å². The third-order valence-corrected chi connectivity index (χ3v) is 2.59. The van der Waals surface area contributed by atoms with E-state index >= 15 is 0 Å². The Morgan fingerprint density at radius 3 is 2.40 bits per heavy atom. The number of nitrogens with one attached hydrogen (secondary N) is 1. The van der Waals surface area contributed by atoms with Crippen molar-refractivity contribution < 1.29 is 4.74 Å². The molecule has 0 fully saturated rings. The van der Waals surface area contributed by atoms with Crippen LogP contribution in [0.4, 0.5) is 0 Å². The van der Waals surface area contributed by atoms with Gasteiger partial charge in [0.15, 0.2) is 0 Å². The van der Waals surface area contributed by atoms with Crippen molar-refractivity contribution in [1.29, 1.82) is 0 Å². The van der Waals surface area contributed by atoms with E-state index in [1.807, 2.05) is 0 Å². The Morgan fingerprint density at radius 2 is 1.93 bits per heavy atom. The summed E-state index contributed by atoms with van der Waals surface area (Å²) in [6.07, 6.45) is 2.08. The summed E-state index contributed by atoms with van der Waals surface area (Å²) in [5.41, 5.74) is 0.309. The van der Waals surface area contributed by atoms with Gasteiger partial charge >= 0.3 is 0 Å². The maximum atomic E-state index is 6.25. The number of rotatable bonds is 7. The van der Waals surface area contributed by atoms with Gasteiger partial charge in [-0.3, -0.25) is 0 Å². The zero-order valence-electron chi connectivity index (χ0n) is 10.8. The molecule has 0 bridgehead atoms. The molecule has 0 aromatic carbocycles. The van der Waals surface area contributed by atoms with Gasteiger partial charge in [0.25, 0.3) is 0 Å². The lowest BCUT2D eigenvalue weighted by Gasteiger charge is -2.23. The fourth-order valence-electron chi connectivity index (χ4n) is 1.46. The van der Waals surface area contributed by atoms with E-state index in [2.05, 4.69) is 33.0 Å². The predicted molar refractivity (Wildman–Crippen MR) is 67.7 cm³/mol. The van der Waals surface area contributed by atoms with E-state index in [0.717, 1.165) is 26.0 Å². The van der Waals surface area contributed by atoms with E-state index in [4.69, 9.17) is 16.3 Å². The quantitative estimate of drug-likeness (QED) is 0.685. The van der Waals surface area contributed by atoms with Gasteiger partial charge in [0, 0.05) is 31.7 Å². The summed E-state index contributed by atoms with van der Waals surface area (Å²) in [7, 11) is 1.73. The molecule has 0 aliphatic rings. The van der Waals surface area contributed by atoms with Crippen molar-refractivity contribution in [3.8, 4) is 0 Å². The number of halogens is 1. The lowest BCUT2D eigenvalue weighted by Crippen LogP contribution is -2.33. The van der Waals surface area contributed by atoms with Crippen molar-refractivity contribution in [1.82, 2.24) is 5.32 Å². The van der Waals surface area contributed by atoms with Gasteiger partial charge in [-0.15, -0.1) is 11.6 Å². The summed E-state index contributed by atoms with van der Waals surface area (Å²) >= 11 is 6.25. The van der Waals surface area contributed by atoms with E-state index in [-0.39, 0.29) is 5.38 Å². The third-order valence-electron chi connectivity index (χ3n) is 2.28. The fourth-order valence-corrected chi connectivity index (χ4v) is 2.01. The predicted octanol–water partition coefficient (Wildman–Crippen LogP) is 3.04. The molecular formula is C12H26ClNO. The van der Waals surface area contributed by atoms with Gasteiger partial charge in [0.05, 0.1) is 0 Å². The molecule has 1 N–H and O–H groups in total. The van der Waals surface area contributed by atoms with Crippen molar-refractivity contribution in [2.75, 3.05) is 20.3 Å². The van der Waals surface area contributed by atoms with Crippen LogP contribution in [0.15, 0.2) is 0 Å². The number of methoxy groups -OCH3 is 1. The molecule has 2 atom stereocenters. The largest absolute Gasteiger partial charge is 0.385 e. The molecule has 3 heteroatoms. The minimum atomic E-state index is 0.218. The monoisotopic (exact) mass is 235 g/mol. The van der Waals surface area contributed by atoms with Crippen LogP contribution >= 0.6 is 11.6 Å². The van der Waals surface area contributed by atoms with Gasteiger partial charge in [0.1, 0.15) is 0 Å². The molecule has 0 aliphatic carbocycles. The van der Waals surface area contributed by atoms with E-state index < -0.39 is 0 Å². The van der Waals surface area contributed by atoms with Crippen LogP contribution in [0, 0.1) is 5.41 Å². The van der Waals surface area contributed by atoms with Crippen LogP contribution in [0.2, 0.25) is 0 Å². The first-order valence-electron chi connectivity index (χ1n) is 5.71. The second kappa shape index (κ2) is 7.48. The highest BCUT2D eigenvalue weighted by Crippen LogP contribution is 2.23. The van der Waals surface area contributed by atoms with Crippen LogP contribution in [0.5, 0.6) is 0 Å². The zero-order chi connectivity index (χ0) is 11.9. The van der Waals surface area contributed by atoms with Crippen molar-refractivity contribution in [3.63, 3.8) is 0 Å². The summed E-state index contributed by atoms with van der Waals surface area (Å²) in [5, 5.41) is 3.65. The van der Waals surface area contributed by atoms with E-state index in [0.29, 0.717) is 11.5 Å². The second-order valence-corrected chi connectivity index (χ2v) is 6.07. The highest BCUT2D eigenvalue weighted by atomic mass is 35.5. The second-order valence-electron chi connectivity index (χ2n) is 5.45. The third kappa shape index (κ3) is 10.5. The molecule has 0 saturated carbocycles. The summed E-state index contributed by atoms with van der Waals surface area (Å²) in [6, 6.07) is 0.478. The summed E-state index contributed by atoms with van der Waals surface area (Å²) in [5.74, 6) is 0. The Balaban J connectivity index is 3.57. The van der Waals surface area contributed by atoms with Crippen LogP contribution in [-0.2, 0) is 4.74 Å². The minimum absolute atomic E-state index is 0.218. The molecule has 2 unspecified atom stereocenters. The number of hydrogen-bond donors (Lipinski definition) is 1. The minimum Gasteiger partial charge on any atom is -0.385 e. The van der Waals surface area contributed by atoms with Crippen molar-refractivity contribution in [2.45, 2.75) is 52.0 Å². The topological polar surface area (TPSA) is 21.3 Å². The SMILES string of the molecule is COCCC(C)NCC(Cl)CC(C)(C)C. The first-order valence-corrected chi connectivity index (χ1v) is 6.15. The highest BCUT2D eigenvalue weighted by Gasteiger charge is 2.16. The first-order chi connectivity index (χ1) is 6.85. The normalized spacial score (nSPS) is 16.4. The number of ether oxygens (including phenoxy) is 1. The number of alkyl halides is 1. The molecular weight excluding hydrogens is 210 g/mol. The first kappa shape index (κ1) is 15.2. The molecule has 0 aromatic heterocycles. The molecule has 2 nitrogen and oxygen atoms in total. The van der Waals surface area contributed by atoms with Gasteiger partial charge in [-0.2, -0.15) is 0 Å². The average Bonchev–Trinajstić information content (AvgIpc) is 2.08. The average molecular weight is 236 g/mol. The van der Waals surface area contributed by atoms with Crippen LogP contribution in [0.25, 0.3) is 0 Å². The van der Waals surface area contributed by atoms with Crippen molar-refractivity contribution in [3.05, 3.63) is 0 Å². The molecule has 0 heterocycles. The zero-order valence-corrected chi connectivity index (χ0v) is 11.5. The molecule has 0 spiro atoms. The standard InChI is InChI=1S/C12H26ClNO/c1-10(6-7-15-5)14-9-11(13)8-12(2,3)4/h10-11,14H,6-9H2,1-5H3. The van der Waals surface area contributed by atoms with Crippen LogP contribution in [0.3, 0.4) is 0 Å². The molecule has 15 heavy (non-hydrogen) atoms. The Kier molecular flexibility index (Phi) is 7.58. The molecule has 92 valence electrons. The van der Waals surface area contributed by atoms with Gasteiger partial charge in [0.2, 0.25) is 0 Å². The van der Waals surface area contributed by atoms with Crippen LogP contribution in [-0.4, -0.2) is 31.7 Å². The molecule has 0 saturated heterocycles. The van der Waals surface area contributed by atoms with Gasteiger partial charge < -0.3 is 10.1 Å². The van der Waals surface area contributed by atoms with Crippen molar-refractivity contribution >= 4 is 11.6 Å². The maximum Gasteiger partial charge on any atom is 0.0476 e. The Bertz CT molecular complexity index is 156. The van der Waals surface area contributed by atoms with Crippen LogP contribution < -0.4 is 5.32 Å². The smallest absolute Gasteiger partial charge is 0.0476 e. The van der Waals surface area contributed by atoms with Crippen LogP contribution in [0.1, 0.15) is 40.5 Å². The van der Waals surface area contributed by atoms with E-state index in [1.165, 1.54) is 0 Å². The molecule has 0 rings (SSSR count). The summed E-state index contributed by atoms with van der Waals surface area (Å²) < 4.78 is 5.03. The Morgan fingerprint density at radius 1 is 1.33 bits per heavy atom. The molecule has 0 aromatic rings. The van der Waals surface area contributed by atoms with Crippen molar-refractivity contribution in [2.24, 2.45) is 5.41 Å². The molecule has 0 aliphatic heterocycles. The van der Waals surface area contributed by atoms with Gasteiger partial charge in [-0.05, 0) is 25.2 Å². The van der Waals surface area contributed by atoms with Gasteiger partial charge in [-0.25, -0.2) is 0 Å². The van der Waals surface area contributed by atoms with E-state index in [9.17, 15) is 0 Å². The fraction of sp³-hybridized carbons (Fsp3) is 1.00. The lowest BCUT2D eigenvalue weighted by atomic mass is 9.90. The Labute approximate surface area is 99.7 Å². The molecule has 0 radical (unpaired) electrons. The molecule has 0 amide bonds. The summed E-state index contributed by atoms with van der Waals surface area (Å²) in [4.78, 5) is 0. The van der Waals surface area contributed by atoms with Gasteiger partial charge in [-0.1, -0.05) is 20.8 Å².